The largest absolute Gasteiger partial charge is 0.347 e. The zero-order valence-electron chi connectivity index (χ0n) is 7.00. The Morgan fingerprint density at radius 3 is 3.00 bits per heavy atom. The van der Waals surface area contributed by atoms with Gasteiger partial charge in [0, 0.05) is 12.7 Å². The Hall–Kier alpha value is -1.85. The summed E-state index contributed by atoms with van der Waals surface area (Å²) in [5.41, 5.74) is 0.250. The molecule has 0 atom stereocenters. The number of hydrogen-bond donors (Lipinski definition) is 2. The molecule has 13 heavy (non-hydrogen) atoms. The predicted octanol–water partition coefficient (Wildman–Crippen LogP) is -0.567. The van der Waals surface area contributed by atoms with Crippen LogP contribution in [0, 0.1) is 0 Å². The minimum Gasteiger partial charge on any atom is -0.310 e. The average Bonchev–Trinajstić information content (AvgIpc) is 2.40. The standard InChI is InChI=1S/C7H8N4O2/c1-2-11-5-4(9-7(11)13)3-8-6(12)10-5/h3H,2H2,1H3,(H,9,13)(H,8,10,12). The molecule has 0 radical (unpaired) electrons. The molecule has 68 valence electrons. The van der Waals surface area contributed by atoms with Crippen molar-refractivity contribution in [2.75, 3.05) is 0 Å². The van der Waals surface area contributed by atoms with Crippen molar-refractivity contribution in [1.29, 1.82) is 0 Å². The molecule has 2 rings (SSSR count). The SMILES string of the molecule is CCn1c(=O)[nH]c2c[nH]c(=O)nc21. The van der Waals surface area contributed by atoms with Gasteiger partial charge >= 0.3 is 11.4 Å². The summed E-state index contributed by atoms with van der Waals surface area (Å²) >= 11 is 0. The second-order valence-electron chi connectivity index (χ2n) is 2.62. The molecule has 0 amide bonds. The van der Waals surface area contributed by atoms with Crippen LogP contribution in [0.2, 0.25) is 0 Å². The van der Waals surface area contributed by atoms with Crippen LogP contribution in [0.5, 0.6) is 0 Å². The van der Waals surface area contributed by atoms with E-state index in [0.717, 1.165) is 0 Å². The van der Waals surface area contributed by atoms with E-state index in [4.69, 9.17) is 0 Å². The van der Waals surface area contributed by atoms with E-state index >= 15 is 0 Å². The smallest absolute Gasteiger partial charge is 0.310 e. The van der Waals surface area contributed by atoms with Gasteiger partial charge in [0.1, 0.15) is 5.52 Å². The fourth-order valence-electron chi connectivity index (χ4n) is 1.26. The van der Waals surface area contributed by atoms with Gasteiger partial charge in [0.2, 0.25) is 0 Å². The Bertz CT molecular complexity index is 547. The molecule has 0 saturated carbocycles. The van der Waals surface area contributed by atoms with Crippen molar-refractivity contribution in [2.24, 2.45) is 0 Å². The Labute approximate surface area is 72.2 Å². The zero-order chi connectivity index (χ0) is 9.42. The fraction of sp³-hybridized carbons (Fsp3) is 0.286. The highest BCUT2D eigenvalue weighted by atomic mass is 16.2. The summed E-state index contributed by atoms with van der Waals surface area (Å²) in [6, 6.07) is 0. The summed E-state index contributed by atoms with van der Waals surface area (Å²) in [5.74, 6) is 0. The van der Waals surface area contributed by atoms with Gasteiger partial charge in [-0.2, -0.15) is 4.98 Å². The normalized spacial score (nSPS) is 10.8. The molecule has 0 aliphatic heterocycles. The van der Waals surface area contributed by atoms with Crippen molar-refractivity contribution in [2.45, 2.75) is 13.5 Å². The van der Waals surface area contributed by atoms with Gasteiger partial charge in [-0.05, 0) is 6.92 Å². The molecule has 2 heterocycles. The van der Waals surface area contributed by atoms with E-state index in [2.05, 4.69) is 15.0 Å². The number of aromatic amines is 2. The van der Waals surface area contributed by atoms with Crippen molar-refractivity contribution < 1.29 is 0 Å². The second-order valence-corrected chi connectivity index (χ2v) is 2.62. The number of nitrogens with zero attached hydrogens (tertiary/aromatic N) is 2. The van der Waals surface area contributed by atoms with Crippen LogP contribution in [0.3, 0.4) is 0 Å². The van der Waals surface area contributed by atoms with Gasteiger partial charge in [0.25, 0.3) is 0 Å². The first-order valence-electron chi connectivity index (χ1n) is 3.90. The van der Waals surface area contributed by atoms with E-state index in [9.17, 15) is 9.59 Å². The molecule has 0 bridgehead atoms. The van der Waals surface area contributed by atoms with Gasteiger partial charge in [0.05, 0.1) is 0 Å². The van der Waals surface area contributed by atoms with E-state index in [1.165, 1.54) is 10.8 Å². The lowest BCUT2D eigenvalue weighted by Gasteiger charge is -1.93. The number of aromatic nitrogens is 4. The van der Waals surface area contributed by atoms with Gasteiger partial charge in [-0.3, -0.25) is 4.57 Å². The van der Waals surface area contributed by atoms with Gasteiger partial charge < -0.3 is 9.97 Å². The lowest BCUT2D eigenvalue weighted by molar-refractivity contribution is 0.743. The molecule has 0 saturated heterocycles. The van der Waals surface area contributed by atoms with E-state index in [1.807, 2.05) is 6.92 Å². The maximum Gasteiger partial charge on any atom is 0.347 e. The molecular formula is C7H8N4O2. The monoisotopic (exact) mass is 180 g/mol. The molecule has 0 spiro atoms. The van der Waals surface area contributed by atoms with Crippen LogP contribution in [-0.4, -0.2) is 19.5 Å². The molecule has 2 aromatic heterocycles. The van der Waals surface area contributed by atoms with Crippen molar-refractivity contribution in [3.63, 3.8) is 0 Å². The molecule has 0 fully saturated rings. The van der Waals surface area contributed by atoms with Crippen LogP contribution in [0.1, 0.15) is 6.92 Å². The number of rotatable bonds is 1. The van der Waals surface area contributed by atoms with Gasteiger partial charge in [-0.25, -0.2) is 9.59 Å². The molecular weight excluding hydrogens is 172 g/mol. The van der Waals surface area contributed by atoms with Crippen molar-refractivity contribution in [3.8, 4) is 0 Å². The maximum atomic E-state index is 11.2. The zero-order valence-corrected chi connectivity index (χ0v) is 7.00. The third kappa shape index (κ3) is 1.07. The molecule has 2 aromatic rings. The van der Waals surface area contributed by atoms with Crippen molar-refractivity contribution >= 4 is 11.2 Å². The lowest BCUT2D eigenvalue weighted by atomic mass is 10.5. The molecule has 0 aliphatic carbocycles. The summed E-state index contributed by atoms with van der Waals surface area (Å²) in [4.78, 5) is 30.8. The summed E-state index contributed by atoms with van der Waals surface area (Å²) in [6.07, 6.45) is 1.44. The maximum absolute atomic E-state index is 11.2. The summed E-state index contributed by atoms with van der Waals surface area (Å²) in [6.45, 7) is 2.31. The van der Waals surface area contributed by atoms with Gasteiger partial charge in [0.15, 0.2) is 5.65 Å². The lowest BCUT2D eigenvalue weighted by Crippen LogP contribution is -2.17. The molecule has 2 N–H and O–H groups in total. The van der Waals surface area contributed by atoms with E-state index in [0.29, 0.717) is 17.7 Å². The van der Waals surface area contributed by atoms with Crippen molar-refractivity contribution in [3.05, 3.63) is 27.2 Å². The molecule has 0 unspecified atom stereocenters. The minimum absolute atomic E-state index is 0.246. The number of H-pyrrole nitrogens is 2. The number of imidazole rings is 1. The number of fused-ring (bicyclic) bond motifs is 1. The van der Waals surface area contributed by atoms with Crippen LogP contribution >= 0.6 is 0 Å². The topological polar surface area (TPSA) is 83.5 Å². The Morgan fingerprint density at radius 1 is 1.54 bits per heavy atom. The van der Waals surface area contributed by atoms with E-state index in [-0.39, 0.29) is 5.69 Å². The third-order valence-electron chi connectivity index (χ3n) is 1.85. The van der Waals surface area contributed by atoms with Crippen molar-refractivity contribution in [1.82, 2.24) is 19.5 Å². The molecule has 6 nitrogen and oxygen atoms in total. The number of hydrogen-bond acceptors (Lipinski definition) is 3. The summed E-state index contributed by atoms with van der Waals surface area (Å²) < 4.78 is 1.41. The summed E-state index contributed by atoms with van der Waals surface area (Å²) in [5, 5.41) is 0. The first-order chi connectivity index (χ1) is 6.22. The highest BCUT2D eigenvalue weighted by Crippen LogP contribution is 2.00. The van der Waals surface area contributed by atoms with E-state index in [1.54, 1.807) is 0 Å². The van der Waals surface area contributed by atoms with Crippen LogP contribution in [-0.2, 0) is 6.54 Å². The summed E-state index contributed by atoms with van der Waals surface area (Å²) in [7, 11) is 0. The first-order valence-corrected chi connectivity index (χ1v) is 3.90. The average molecular weight is 180 g/mol. The molecule has 6 heteroatoms. The Balaban J connectivity index is 2.97. The van der Waals surface area contributed by atoms with Crippen LogP contribution in [0.25, 0.3) is 11.2 Å². The Morgan fingerprint density at radius 2 is 2.31 bits per heavy atom. The van der Waals surface area contributed by atoms with Crippen LogP contribution in [0.4, 0.5) is 0 Å². The Kier molecular flexibility index (Phi) is 1.54. The second kappa shape index (κ2) is 2.58. The van der Waals surface area contributed by atoms with Crippen LogP contribution in [0.15, 0.2) is 15.8 Å². The highest BCUT2D eigenvalue weighted by molar-refractivity contribution is 5.68. The first kappa shape index (κ1) is 7.78. The van der Waals surface area contributed by atoms with Crippen LogP contribution < -0.4 is 11.4 Å². The fourth-order valence-corrected chi connectivity index (χ4v) is 1.26. The van der Waals surface area contributed by atoms with Gasteiger partial charge in [-0.1, -0.05) is 0 Å². The van der Waals surface area contributed by atoms with E-state index < -0.39 is 5.69 Å². The predicted molar refractivity (Wildman–Crippen MR) is 46.6 cm³/mol. The highest BCUT2D eigenvalue weighted by Gasteiger charge is 2.05. The minimum atomic E-state index is -0.450. The van der Waals surface area contributed by atoms with Gasteiger partial charge in [-0.15, -0.1) is 0 Å². The quantitative estimate of drug-likeness (QED) is 0.616. The third-order valence-corrected chi connectivity index (χ3v) is 1.85. The number of nitrogens with one attached hydrogen (secondary N) is 2. The number of aryl methyl sites for hydroxylation is 1. The molecule has 0 aromatic carbocycles. The molecule has 0 aliphatic rings.